The third-order valence-corrected chi connectivity index (χ3v) is 3.55. The topological polar surface area (TPSA) is 61.8 Å². The Morgan fingerprint density at radius 2 is 2.00 bits per heavy atom. The molecular formula is C15H32N2O3. The minimum atomic E-state index is -0.879. The molecule has 0 aliphatic carbocycles. The van der Waals surface area contributed by atoms with Crippen molar-refractivity contribution in [3.63, 3.8) is 0 Å². The Morgan fingerprint density at radius 1 is 1.40 bits per heavy atom. The average Bonchev–Trinajstić information content (AvgIpc) is 2.33. The summed E-state index contributed by atoms with van der Waals surface area (Å²) >= 11 is 0. The van der Waals surface area contributed by atoms with E-state index in [9.17, 15) is 9.90 Å². The van der Waals surface area contributed by atoms with Gasteiger partial charge in [0.05, 0.1) is 6.61 Å². The normalized spacial score (nSPS) is 16.4. The number of carboxylic acid groups (broad SMARTS) is 1. The van der Waals surface area contributed by atoms with Crippen molar-refractivity contribution < 1.29 is 14.6 Å². The van der Waals surface area contributed by atoms with Crippen LogP contribution >= 0.6 is 0 Å². The molecule has 0 amide bonds. The highest BCUT2D eigenvalue weighted by Crippen LogP contribution is 2.18. The maximum atomic E-state index is 11.5. The monoisotopic (exact) mass is 288 g/mol. The minimum Gasteiger partial charge on any atom is -0.480 e. The molecule has 0 aromatic heterocycles. The van der Waals surface area contributed by atoms with Crippen LogP contribution in [0.4, 0.5) is 0 Å². The molecule has 2 unspecified atom stereocenters. The zero-order valence-electron chi connectivity index (χ0n) is 13.9. The van der Waals surface area contributed by atoms with Gasteiger partial charge in [0.1, 0.15) is 5.54 Å². The Morgan fingerprint density at radius 3 is 2.40 bits per heavy atom. The maximum absolute atomic E-state index is 11.5. The fraction of sp³-hybridized carbons (Fsp3) is 0.933. The van der Waals surface area contributed by atoms with E-state index in [4.69, 9.17) is 4.74 Å². The molecule has 0 heterocycles. The van der Waals surface area contributed by atoms with Crippen LogP contribution in [-0.4, -0.2) is 60.9 Å². The lowest BCUT2D eigenvalue weighted by Crippen LogP contribution is -2.54. The molecule has 120 valence electrons. The van der Waals surface area contributed by atoms with Crippen LogP contribution in [0.1, 0.15) is 41.0 Å². The van der Waals surface area contributed by atoms with E-state index in [1.807, 2.05) is 6.92 Å². The second kappa shape index (κ2) is 9.32. The molecule has 5 heteroatoms. The molecule has 0 aromatic carbocycles. The van der Waals surface area contributed by atoms with Crippen LogP contribution < -0.4 is 5.32 Å². The summed E-state index contributed by atoms with van der Waals surface area (Å²) in [6, 6.07) is 0.188. The predicted molar refractivity (Wildman–Crippen MR) is 82.1 cm³/mol. The van der Waals surface area contributed by atoms with Gasteiger partial charge in [-0.3, -0.25) is 9.69 Å². The molecule has 0 spiro atoms. The Hall–Kier alpha value is -0.650. The van der Waals surface area contributed by atoms with E-state index in [0.717, 1.165) is 13.1 Å². The summed E-state index contributed by atoms with van der Waals surface area (Å²) in [7, 11) is 1.69. The van der Waals surface area contributed by atoms with Crippen molar-refractivity contribution in [1.82, 2.24) is 10.2 Å². The van der Waals surface area contributed by atoms with E-state index in [2.05, 4.69) is 31.0 Å². The summed E-state index contributed by atoms with van der Waals surface area (Å²) in [5, 5.41) is 12.5. The van der Waals surface area contributed by atoms with E-state index >= 15 is 0 Å². The number of rotatable bonds is 11. The van der Waals surface area contributed by atoms with E-state index in [1.165, 1.54) is 0 Å². The lowest BCUT2D eigenvalue weighted by molar-refractivity contribution is -0.145. The van der Waals surface area contributed by atoms with E-state index < -0.39 is 11.5 Å². The van der Waals surface area contributed by atoms with Gasteiger partial charge in [-0.15, -0.1) is 0 Å². The van der Waals surface area contributed by atoms with Gasteiger partial charge in [0, 0.05) is 26.2 Å². The number of carbonyl (C=O) groups is 1. The van der Waals surface area contributed by atoms with Gasteiger partial charge in [-0.05, 0) is 32.7 Å². The number of ether oxygens (including phenoxy) is 1. The molecule has 0 radical (unpaired) electrons. The van der Waals surface area contributed by atoms with Crippen molar-refractivity contribution in [1.29, 1.82) is 0 Å². The number of nitrogens with zero attached hydrogens (tertiary/aromatic N) is 1. The molecule has 0 aliphatic heterocycles. The first kappa shape index (κ1) is 19.4. The van der Waals surface area contributed by atoms with Gasteiger partial charge in [0.15, 0.2) is 0 Å². The molecule has 0 aliphatic rings. The molecule has 0 saturated carbocycles. The zero-order chi connectivity index (χ0) is 15.8. The average molecular weight is 288 g/mol. The van der Waals surface area contributed by atoms with Crippen LogP contribution in [0.2, 0.25) is 0 Å². The lowest BCUT2D eigenvalue weighted by Gasteiger charge is -2.36. The number of carboxylic acids is 1. The smallest absolute Gasteiger partial charge is 0.323 e. The van der Waals surface area contributed by atoms with Gasteiger partial charge < -0.3 is 15.2 Å². The number of likely N-dealkylation sites (N-methyl/N-ethyl adjacent to an activating group) is 1. The molecule has 0 bridgehead atoms. The molecule has 20 heavy (non-hydrogen) atoms. The van der Waals surface area contributed by atoms with Crippen molar-refractivity contribution >= 4 is 5.97 Å². The van der Waals surface area contributed by atoms with E-state index in [0.29, 0.717) is 25.5 Å². The van der Waals surface area contributed by atoms with E-state index in [1.54, 1.807) is 14.0 Å². The van der Waals surface area contributed by atoms with Crippen LogP contribution in [0.5, 0.6) is 0 Å². The third kappa shape index (κ3) is 6.68. The quantitative estimate of drug-likeness (QED) is 0.607. The molecule has 2 atom stereocenters. The molecular weight excluding hydrogens is 256 g/mol. The second-order valence-corrected chi connectivity index (χ2v) is 6.10. The standard InChI is InChI=1S/C15H32N2O3/c1-7-16-15(5,14(18)19)10-13(4)17(8-9-20-6)11-12(2)3/h12-13,16H,7-11H2,1-6H3,(H,18,19). The minimum absolute atomic E-state index is 0.188. The molecule has 2 N–H and O–H groups in total. The fourth-order valence-corrected chi connectivity index (χ4v) is 2.51. The van der Waals surface area contributed by atoms with Gasteiger partial charge in [-0.2, -0.15) is 0 Å². The summed E-state index contributed by atoms with van der Waals surface area (Å²) in [5.41, 5.74) is -0.879. The van der Waals surface area contributed by atoms with Crippen molar-refractivity contribution in [2.75, 3.05) is 33.4 Å². The predicted octanol–water partition coefficient (Wildman–Crippen LogP) is 1.82. The largest absolute Gasteiger partial charge is 0.480 e. The summed E-state index contributed by atoms with van der Waals surface area (Å²) < 4.78 is 5.16. The third-order valence-electron chi connectivity index (χ3n) is 3.55. The van der Waals surface area contributed by atoms with Gasteiger partial charge >= 0.3 is 5.97 Å². The summed E-state index contributed by atoms with van der Waals surface area (Å²) in [6.07, 6.45) is 0.576. The van der Waals surface area contributed by atoms with Gasteiger partial charge in [-0.1, -0.05) is 20.8 Å². The number of nitrogens with one attached hydrogen (secondary N) is 1. The van der Waals surface area contributed by atoms with Crippen molar-refractivity contribution in [2.24, 2.45) is 5.92 Å². The maximum Gasteiger partial charge on any atom is 0.323 e. The van der Waals surface area contributed by atoms with Gasteiger partial charge in [0.25, 0.3) is 0 Å². The first-order valence-corrected chi connectivity index (χ1v) is 7.48. The Balaban J connectivity index is 4.76. The zero-order valence-corrected chi connectivity index (χ0v) is 13.9. The number of methoxy groups -OCH3 is 1. The second-order valence-electron chi connectivity index (χ2n) is 6.10. The molecule has 0 aromatic rings. The summed E-state index contributed by atoms with van der Waals surface area (Å²) in [4.78, 5) is 13.8. The molecule has 5 nitrogen and oxygen atoms in total. The first-order chi connectivity index (χ1) is 9.26. The van der Waals surface area contributed by atoms with Gasteiger partial charge in [0.2, 0.25) is 0 Å². The molecule has 0 fully saturated rings. The van der Waals surface area contributed by atoms with Crippen LogP contribution in [0, 0.1) is 5.92 Å². The van der Waals surface area contributed by atoms with Crippen LogP contribution in [0.15, 0.2) is 0 Å². The van der Waals surface area contributed by atoms with Crippen LogP contribution in [-0.2, 0) is 9.53 Å². The van der Waals surface area contributed by atoms with E-state index in [-0.39, 0.29) is 6.04 Å². The Labute approximate surface area is 123 Å². The molecule has 0 saturated heterocycles. The SMILES string of the molecule is CCNC(C)(CC(C)N(CCOC)CC(C)C)C(=O)O. The Bertz CT molecular complexity index is 284. The van der Waals surface area contributed by atoms with Gasteiger partial charge in [-0.25, -0.2) is 0 Å². The fourth-order valence-electron chi connectivity index (χ4n) is 2.51. The van der Waals surface area contributed by atoms with Crippen molar-refractivity contribution in [3.05, 3.63) is 0 Å². The number of hydrogen-bond donors (Lipinski definition) is 2. The number of aliphatic carboxylic acids is 1. The first-order valence-electron chi connectivity index (χ1n) is 7.48. The Kier molecular flexibility index (Phi) is 9.01. The van der Waals surface area contributed by atoms with Crippen LogP contribution in [0.3, 0.4) is 0 Å². The lowest BCUT2D eigenvalue weighted by atomic mass is 9.92. The highest BCUT2D eigenvalue weighted by atomic mass is 16.5. The highest BCUT2D eigenvalue weighted by molar-refractivity contribution is 5.78. The van der Waals surface area contributed by atoms with Crippen molar-refractivity contribution in [2.45, 2.75) is 52.6 Å². The molecule has 0 rings (SSSR count). The van der Waals surface area contributed by atoms with Crippen LogP contribution in [0.25, 0.3) is 0 Å². The van der Waals surface area contributed by atoms with Crippen molar-refractivity contribution in [3.8, 4) is 0 Å². The summed E-state index contributed by atoms with van der Waals surface area (Å²) in [6.45, 7) is 13.2. The summed E-state index contributed by atoms with van der Waals surface area (Å²) in [5.74, 6) is -0.244. The number of hydrogen-bond acceptors (Lipinski definition) is 4. The highest BCUT2D eigenvalue weighted by Gasteiger charge is 2.35.